The Kier molecular flexibility index (Phi) is 11.4. The Morgan fingerprint density at radius 3 is 1.83 bits per heavy atom. The molecule has 0 radical (unpaired) electrons. The molecule has 0 aliphatic heterocycles. The van der Waals surface area contributed by atoms with Crippen LogP contribution in [0, 0.1) is 0 Å². The Labute approximate surface area is 414 Å². The second-order valence-electron chi connectivity index (χ2n) is 17.9. The highest BCUT2D eigenvalue weighted by Gasteiger charge is 2.22. The topological polar surface area (TPSA) is 48.5 Å². The van der Waals surface area contributed by atoms with Gasteiger partial charge >= 0.3 is 0 Å². The Bertz CT molecular complexity index is 3930. The summed E-state index contributed by atoms with van der Waals surface area (Å²) in [4.78, 5) is 15.3. The van der Waals surface area contributed by atoms with Gasteiger partial charge < -0.3 is 9.13 Å². The van der Waals surface area contributed by atoms with Gasteiger partial charge in [0.1, 0.15) is 0 Å². The molecule has 0 bridgehead atoms. The Morgan fingerprint density at radius 2 is 1.13 bits per heavy atom. The van der Waals surface area contributed by atoms with Gasteiger partial charge in [-0.2, -0.15) is 0 Å². The van der Waals surface area contributed by atoms with Crippen LogP contribution in [0.5, 0.6) is 0 Å². The van der Waals surface area contributed by atoms with Crippen LogP contribution in [0.15, 0.2) is 243 Å². The van der Waals surface area contributed by atoms with Crippen LogP contribution >= 0.6 is 0 Å². The predicted octanol–water partition coefficient (Wildman–Crippen LogP) is 16.9. The molecule has 0 unspecified atom stereocenters. The lowest BCUT2D eigenvalue weighted by atomic mass is 9.94. The van der Waals surface area contributed by atoms with E-state index in [4.69, 9.17) is 15.0 Å². The summed E-state index contributed by atoms with van der Waals surface area (Å²) < 4.78 is 4.86. The molecule has 0 spiro atoms. The van der Waals surface area contributed by atoms with Crippen LogP contribution in [-0.4, -0.2) is 24.1 Å². The smallest absolute Gasteiger partial charge is 0.164 e. The van der Waals surface area contributed by atoms with E-state index in [1.54, 1.807) is 0 Å². The van der Waals surface area contributed by atoms with Gasteiger partial charge in [-0.1, -0.05) is 182 Å². The maximum atomic E-state index is 5.17. The first-order chi connectivity index (χ1) is 35.1. The van der Waals surface area contributed by atoms with E-state index in [9.17, 15) is 0 Å². The van der Waals surface area contributed by atoms with E-state index >= 15 is 0 Å². The lowest BCUT2D eigenvalue weighted by molar-refractivity contribution is 1.00. The fraction of sp³-hybridized carbons (Fsp3) is 0.0455. The van der Waals surface area contributed by atoms with E-state index in [1.807, 2.05) is 49.4 Å². The van der Waals surface area contributed by atoms with Gasteiger partial charge in [0.25, 0.3) is 0 Å². The largest absolute Gasteiger partial charge is 0.313 e. The molecular weight excluding hydrogens is 863 g/mol. The first-order valence-electron chi connectivity index (χ1n) is 24.3. The van der Waals surface area contributed by atoms with E-state index in [0.717, 1.165) is 68.5 Å². The number of aromatic nitrogens is 5. The van der Waals surface area contributed by atoms with Crippen LogP contribution in [0.2, 0.25) is 0 Å². The summed E-state index contributed by atoms with van der Waals surface area (Å²) in [5, 5.41) is 3.58. The Hall–Kier alpha value is -9.19. The first-order valence-corrected chi connectivity index (χ1v) is 24.3. The number of benzene rings is 8. The van der Waals surface area contributed by atoms with E-state index in [1.165, 1.54) is 49.7 Å². The highest BCUT2D eigenvalue weighted by molar-refractivity contribution is 6.16. The highest BCUT2D eigenvalue weighted by atomic mass is 15.0. The van der Waals surface area contributed by atoms with E-state index in [2.05, 4.69) is 216 Å². The molecule has 0 N–H and O–H groups in total. The normalized spacial score (nSPS) is 12.5. The summed E-state index contributed by atoms with van der Waals surface area (Å²) in [6, 6.07) is 69.7. The van der Waals surface area contributed by atoms with Crippen LogP contribution in [0.1, 0.15) is 30.4 Å². The van der Waals surface area contributed by atoms with Crippen LogP contribution in [0.3, 0.4) is 0 Å². The zero-order valence-electron chi connectivity index (χ0n) is 39.5. The molecule has 12 rings (SSSR count). The van der Waals surface area contributed by atoms with Crippen molar-refractivity contribution in [2.24, 2.45) is 0 Å². The molecule has 0 atom stereocenters. The average Bonchev–Trinajstić information content (AvgIpc) is 3.81. The summed E-state index contributed by atoms with van der Waals surface area (Å²) in [5.74, 6) is 1.84. The summed E-state index contributed by atoms with van der Waals surface area (Å²) >= 11 is 0. The van der Waals surface area contributed by atoms with E-state index in [-0.39, 0.29) is 0 Å². The van der Waals surface area contributed by atoms with Crippen molar-refractivity contribution in [2.75, 3.05) is 0 Å². The number of nitrogens with zero attached hydrogens (tertiary/aromatic N) is 5. The maximum Gasteiger partial charge on any atom is 0.164 e. The van der Waals surface area contributed by atoms with Gasteiger partial charge in [0.2, 0.25) is 0 Å². The molecule has 11 aromatic rings. The number of para-hydroxylation sites is 1. The third-order valence-corrected chi connectivity index (χ3v) is 13.5. The lowest BCUT2D eigenvalue weighted by Gasteiger charge is -2.15. The van der Waals surface area contributed by atoms with Crippen molar-refractivity contribution >= 4 is 44.4 Å². The SMILES string of the molecule is C=CC/C=C\C(=C/C)c1nc(-c2ccccc2)nc(-c2cccc(-n3c4ccc(-c5ccc6c(c5)c5c(n6-c6ccccc6)CC=CC=C5)cc4c4cc(-c5ccccc5)cc(-c5ccccc5)c43)c2)n1. The molecule has 3 aromatic heterocycles. The van der Waals surface area contributed by atoms with Gasteiger partial charge in [0, 0.05) is 67.5 Å². The molecular formula is C66H49N5. The number of rotatable bonds is 11. The molecule has 0 saturated heterocycles. The van der Waals surface area contributed by atoms with Gasteiger partial charge in [-0.05, 0) is 102 Å². The zero-order valence-corrected chi connectivity index (χ0v) is 39.5. The summed E-state index contributed by atoms with van der Waals surface area (Å²) in [5.41, 5.74) is 17.9. The second-order valence-corrected chi connectivity index (χ2v) is 17.9. The minimum atomic E-state index is 0.602. The second kappa shape index (κ2) is 18.7. The van der Waals surface area contributed by atoms with Crippen molar-refractivity contribution in [3.63, 3.8) is 0 Å². The summed E-state index contributed by atoms with van der Waals surface area (Å²) in [7, 11) is 0. The molecule has 0 fully saturated rings. The van der Waals surface area contributed by atoms with Crippen molar-refractivity contribution in [3.8, 4) is 67.5 Å². The molecule has 71 heavy (non-hydrogen) atoms. The number of hydrogen-bond acceptors (Lipinski definition) is 3. The lowest BCUT2D eigenvalue weighted by Crippen LogP contribution is -2.03. The third-order valence-electron chi connectivity index (χ3n) is 13.5. The number of allylic oxidation sites excluding steroid dienone is 8. The number of fused-ring (bicyclic) bond motifs is 6. The minimum absolute atomic E-state index is 0.602. The van der Waals surface area contributed by atoms with Gasteiger partial charge in [-0.15, -0.1) is 6.58 Å². The van der Waals surface area contributed by atoms with Gasteiger partial charge in [-0.25, -0.2) is 15.0 Å². The van der Waals surface area contributed by atoms with Gasteiger partial charge in [-0.3, -0.25) is 0 Å². The summed E-state index contributed by atoms with van der Waals surface area (Å²) in [6.07, 6.45) is 18.5. The van der Waals surface area contributed by atoms with E-state index in [0.29, 0.717) is 17.5 Å². The fourth-order valence-corrected chi connectivity index (χ4v) is 10.2. The molecule has 5 heteroatoms. The number of hydrogen-bond donors (Lipinski definition) is 0. The van der Waals surface area contributed by atoms with Crippen molar-refractivity contribution < 1.29 is 0 Å². The van der Waals surface area contributed by atoms with Gasteiger partial charge in [0.05, 0.1) is 16.6 Å². The molecule has 0 amide bonds. The molecule has 0 saturated carbocycles. The predicted molar refractivity (Wildman–Crippen MR) is 298 cm³/mol. The van der Waals surface area contributed by atoms with E-state index < -0.39 is 0 Å². The van der Waals surface area contributed by atoms with Crippen LogP contribution < -0.4 is 0 Å². The minimum Gasteiger partial charge on any atom is -0.313 e. The molecule has 338 valence electrons. The van der Waals surface area contributed by atoms with Crippen molar-refractivity contribution in [3.05, 3.63) is 260 Å². The first kappa shape index (κ1) is 43.1. The fourth-order valence-electron chi connectivity index (χ4n) is 10.2. The maximum absolute atomic E-state index is 5.17. The molecule has 1 aliphatic carbocycles. The molecule has 8 aromatic carbocycles. The molecule has 1 aliphatic rings. The standard InChI is InChI=1S/C66H49N5/c1-3-5-11-23-45(4-2)64-67-65(48-28-16-8-17-29-48)69-66(68-64)51-30-22-33-54(40-51)71-62-39-37-50(49-36-38-61-57(41-49)55-34-20-10-21-35-60(55)70(61)53-31-18-9-19-32-53)42-58(62)59-44-52(46-24-12-6-13-25-46)43-56(63(59)71)47-26-14-7-15-27-47/h3-4,6-34,36-44H,1,5,35H2,2H3/b23-11-,45-4+. The van der Waals surface area contributed by atoms with Crippen molar-refractivity contribution in [1.29, 1.82) is 0 Å². The van der Waals surface area contributed by atoms with Crippen molar-refractivity contribution in [2.45, 2.75) is 19.8 Å². The molecule has 5 nitrogen and oxygen atoms in total. The third kappa shape index (κ3) is 8.03. The monoisotopic (exact) mass is 911 g/mol. The average molecular weight is 912 g/mol. The quantitative estimate of drug-likeness (QED) is 0.0959. The van der Waals surface area contributed by atoms with Crippen LogP contribution in [-0.2, 0) is 6.42 Å². The summed E-state index contributed by atoms with van der Waals surface area (Å²) in [6.45, 7) is 5.92. The van der Waals surface area contributed by atoms with Crippen LogP contribution in [0.25, 0.3) is 112 Å². The molecule has 3 heterocycles. The van der Waals surface area contributed by atoms with Crippen LogP contribution in [0.4, 0.5) is 0 Å². The zero-order chi connectivity index (χ0) is 47.7. The Balaban J connectivity index is 1.09. The highest BCUT2D eigenvalue weighted by Crippen LogP contribution is 2.44. The Morgan fingerprint density at radius 1 is 0.521 bits per heavy atom. The van der Waals surface area contributed by atoms with Gasteiger partial charge in [0.15, 0.2) is 17.5 Å². The van der Waals surface area contributed by atoms with Crippen molar-refractivity contribution in [1.82, 2.24) is 24.1 Å².